The molecule has 1 atom stereocenters. The average Bonchev–Trinajstić information content (AvgIpc) is 2.59. The maximum atomic E-state index is 5.67. The first-order chi connectivity index (χ1) is 6.35. The van der Waals surface area contributed by atoms with Crippen LogP contribution in [0.5, 0.6) is 0 Å². The van der Waals surface area contributed by atoms with E-state index in [0.717, 1.165) is 25.9 Å². The van der Waals surface area contributed by atoms with E-state index in [1.165, 1.54) is 17.7 Å². The van der Waals surface area contributed by atoms with Crippen molar-refractivity contribution in [1.29, 1.82) is 0 Å². The summed E-state index contributed by atoms with van der Waals surface area (Å²) in [5, 5.41) is 4.36. The van der Waals surface area contributed by atoms with Crippen LogP contribution in [-0.2, 0) is 19.4 Å². The molecule has 3 nitrogen and oxygen atoms in total. The number of aryl methyl sites for hydroxylation is 1. The second-order valence-corrected chi connectivity index (χ2v) is 3.78. The summed E-state index contributed by atoms with van der Waals surface area (Å²) in [5.74, 6) is 0.682. The Balaban J connectivity index is 2.22. The number of hydrogen-bond donors (Lipinski definition) is 1. The minimum absolute atomic E-state index is 0.682. The average molecular weight is 179 g/mol. The quantitative estimate of drug-likeness (QED) is 0.735. The summed E-state index contributed by atoms with van der Waals surface area (Å²) in [5.41, 5.74) is 8.53. The fourth-order valence-corrected chi connectivity index (χ4v) is 2.14. The molecule has 0 bridgehead atoms. The normalized spacial score (nSPS) is 21.5. The molecule has 0 amide bonds. The van der Waals surface area contributed by atoms with Gasteiger partial charge in [0.1, 0.15) is 0 Å². The number of nitrogens with two attached hydrogens (primary N) is 1. The third-order valence-corrected chi connectivity index (χ3v) is 2.97. The van der Waals surface area contributed by atoms with Gasteiger partial charge in [0, 0.05) is 12.2 Å². The topological polar surface area (TPSA) is 43.8 Å². The second kappa shape index (κ2) is 3.50. The van der Waals surface area contributed by atoms with Crippen LogP contribution in [0.1, 0.15) is 24.6 Å². The maximum Gasteiger partial charge on any atom is 0.0524 e. The Morgan fingerprint density at radius 3 is 3.23 bits per heavy atom. The zero-order chi connectivity index (χ0) is 9.26. The van der Waals surface area contributed by atoms with Gasteiger partial charge in [0.05, 0.1) is 6.20 Å². The molecule has 72 valence electrons. The summed E-state index contributed by atoms with van der Waals surface area (Å²) in [4.78, 5) is 0. The Kier molecular flexibility index (Phi) is 2.36. The van der Waals surface area contributed by atoms with Crippen LogP contribution < -0.4 is 5.73 Å². The van der Waals surface area contributed by atoms with Crippen molar-refractivity contribution in [2.75, 3.05) is 6.54 Å². The van der Waals surface area contributed by atoms with Crippen LogP contribution in [0.15, 0.2) is 6.20 Å². The van der Waals surface area contributed by atoms with Crippen LogP contribution in [0.2, 0.25) is 0 Å². The summed E-state index contributed by atoms with van der Waals surface area (Å²) in [6.45, 7) is 3.95. The van der Waals surface area contributed by atoms with Crippen molar-refractivity contribution in [2.24, 2.45) is 11.7 Å². The van der Waals surface area contributed by atoms with E-state index in [0.29, 0.717) is 5.92 Å². The fraction of sp³-hybridized carbons (Fsp3) is 0.700. The van der Waals surface area contributed by atoms with E-state index in [2.05, 4.69) is 16.7 Å². The monoisotopic (exact) mass is 179 g/mol. The van der Waals surface area contributed by atoms with Crippen molar-refractivity contribution < 1.29 is 0 Å². The highest BCUT2D eigenvalue weighted by molar-refractivity contribution is 5.21. The molecule has 2 N–H and O–H groups in total. The van der Waals surface area contributed by atoms with Gasteiger partial charge in [-0.2, -0.15) is 5.10 Å². The molecule has 0 saturated carbocycles. The molecule has 0 fully saturated rings. The first-order valence-corrected chi connectivity index (χ1v) is 5.08. The van der Waals surface area contributed by atoms with E-state index in [4.69, 9.17) is 5.73 Å². The Morgan fingerprint density at radius 2 is 2.54 bits per heavy atom. The predicted octanol–water partition coefficient (Wildman–Crippen LogP) is 0.967. The largest absolute Gasteiger partial charge is 0.330 e. The molecule has 0 aliphatic heterocycles. The zero-order valence-electron chi connectivity index (χ0n) is 8.16. The van der Waals surface area contributed by atoms with Crippen molar-refractivity contribution in [3.05, 3.63) is 17.5 Å². The van der Waals surface area contributed by atoms with Crippen molar-refractivity contribution >= 4 is 0 Å². The van der Waals surface area contributed by atoms with Crippen LogP contribution in [-0.4, -0.2) is 16.3 Å². The summed E-state index contributed by atoms with van der Waals surface area (Å²) in [7, 11) is 0. The van der Waals surface area contributed by atoms with E-state index in [1.807, 2.05) is 6.20 Å². The third-order valence-electron chi connectivity index (χ3n) is 2.97. The lowest BCUT2D eigenvalue weighted by atomic mass is 9.88. The summed E-state index contributed by atoms with van der Waals surface area (Å²) >= 11 is 0. The van der Waals surface area contributed by atoms with E-state index in [-0.39, 0.29) is 0 Å². The van der Waals surface area contributed by atoms with Crippen LogP contribution in [0.3, 0.4) is 0 Å². The minimum atomic E-state index is 0.682. The van der Waals surface area contributed by atoms with Crippen LogP contribution >= 0.6 is 0 Å². The SMILES string of the molecule is CCn1ncc2c1CCC(CN)C2. The second-order valence-electron chi connectivity index (χ2n) is 3.78. The molecule has 3 heteroatoms. The van der Waals surface area contributed by atoms with Gasteiger partial charge in [-0.15, -0.1) is 0 Å². The van der Waals surface area contributed by atoms with E-state index < -0.39 is 0 Å². The first kappa shape index (κ1) is 8.75. The highest BCUT2D eigenvalue weighted by atomic mass is 15.3. The summed E-state index contributed by atoms with van der Waals surface area (Å²) < 4.78 is 2.11. The molecule has 2 rings (SSSR count). The molecule has 1 aliphatic carbocycles. The van der Waals surface area contributed by atoms with E-state index >= 15 is 0 Å². The van der Waals surface area contributed by atoms with E-state index in [1.54, 1.807) is 0 Å². The van der Waals surface area contributed by atoms with Crippen LogP contribution in [0, 0.1) is 5.92 Å². The van der Waals surface area contributed by atoms with Crippen molar-refractivity contribution in [3.63, 3.8) is 0 Å². The van der Waals surface area contributed by atoms with Crippen molar-refractivity contribution in [1.82, 2.24) is 9.78 Å². The number of nitrogens with zero attached hydrogens (tertiary/aromatic N) is 2. The van der Waals surface area contributed by atoms with Gasteiger partial charge >= 0.3 is 0 Å². The van der Waals surface area contributed by atoms with Gasteiger partial charge in [0.2, 0.25) is 0 Å². The van der Waals surface area contributed by atoms with Crippen molar-refractivity contribution in [3.8, 4) is 0 Å². The molecule has 1 aromatic rings. The van der Waals surface area contributed by atoms with Gasteiger partial charge in [-0.3, -0.25) is 4.68 Å². The first-order valence-electron chi connectivity index (χ1n) is 5.08. The number of fused-ring (bicyclic) bond motifs is 1. The van der Waals surface area contributed by atoms with Gasteiger partial charge in [-0.25, -0.2) is 0 Å². The minimum Gasteiger partial charge on any atom is -0.330 e. The standard InChI is InChI=1S/C10H17N3/c1-2-13-10-4-3-8(6-11)5-9(10)7-12-13/h7-8H,2-6,11H2,1H3. The van der Waals surface area contributed by atoms with Gasteiger partial charge in [0.25, 0.3) is 0 Å². The Morgan fingerprint density at radius 1 is 1.69 bits per heavy atom. The van der Waals surface area contributed by atoms with Gasteiger partial charge < -0.3 is 5.73 Å². The molecular formula is C10H17N3. The lowest BCUT2D eigenvalue weighted by molar-refractivity contribution is 0.453. The molecule has 1 aliphatic rings. The molecule has 0 radical (unpaired) electrons. The van der Waals surface area contributed by atoms with Crippen molar-refractivity contribution in [2.45, 2.75) is 32.7 Å². The molecule has 0 spiro atoms. The number of rotatable bonds is 2. The lowest BCUT2D eigenvalue weighted by Crippen LogP contribution is -2.22. The van der Waals surface area contributed by atoms with Gasteiger partial charge in [-0.05, 0) is 44.2 Å². The Labute approximate surface area is 78.9 Å². The van der Waals surface area contributed by atoms with Gasteiger partial charge in [0.15, 0.2) is 0 Å². The fourth-order valence-electron chi connectivity index (χ4n) is 2.14. The molecule has 1 aromatic heterocycles. The molecule has 13 heavy (non-hydrogen) atoms. The van der Waals surface area contributed by atoms with Crippen LogP contribution in [0.4, 0.5) is 0 Å². The predicted molar refractivity (Wildman–Crippen MR) is 52.5 cm³/mol. The highest BCUT2D eigenvalue weighted by Gasteiger charge is 2.20. The zero-order valence-corrected chi connectivity index (χ0v) is 8.16. The molecule has 1 heterocycles. The highest BCUT2D eigenvalue weighted by Crippen LogP contribution is 2.24. The summed E-state index contributed by atoms with van der Waals surface area (Å²) in [6.07, 6.45) is 5.53. The lowest BCUT2D eigenvalue weighted by Gasteiger charge is -2.21. The maximum absolute atomic E-state index is 5.67. The number of aromatic nitrogens is 2. The van der Waals surface area contributed by atoms with Gasteiger partial charge in [-0.1, -0.05) is 0 Å². The van der Waals surface area contributed by atoms with Crippen LogP contribution in [0.25, 0.3) is 0 Å². The molecular weight excluding hydrogens is 162 g/mol. The smallest absolute Gasteiger partial charge is 0.0524 e. The Bertz CT molecular complexity index is 290. The Hall–Kier alpha value is -0.830. The molecule has 0 aromatic carbocycles. The third kappa shape index (κ3) is 1.48. The molecule has 1 unspecified atom stereocenters. The molecule has 0 saturated heterocycles. The summed E-state index contributed by atoms with van der Waals surface area (Å²) in [6, 6.07) is 0. The number of hydrogen-bond acceptors (Lipinski definition) is 2. The van der Waals surface area contributed by atoms with E-state index in [9.17, 15) is 0 Å².